The summed E-state index contributed by atoms with van der Waals surface area (Å²) in [4.78, 5) is 18.1. The van der Waals surface area contributed by atoms with Gasteiger partial charge in [0.1, 0.15) is 11.4 Å². The lowest BCUT2D eigenvalue weighted by atomic mass is 9.97. The Kier molecular flexibility index (Phi) is 5.67. The molecular weight excluding hydrogens is 346 g/mol. The van der Waals surface area contributed by atoms with Crippen molar-refractivity contribution in [2.75, 3.05) is 25.0 Å². The number of nitrogens with zero attached hydrogens (tertiary/aromatic N) is 2. The van der Waals surface area contributed by atoms with Crippen molar-refractivity contribution in [3.05, 3.63) is 22.8 Å². The van der Waals surface area contributed by atoms with Gasteiger partial charge in [0, 0.05) is 30.3 Å². The summed E-state index contributed by atoms with van der Waals surface area (Å²) < 4.78 is 6.39. The lowest BCUT2D eigenvalue weighted by molar-refractivity contribution is 0.0188. The Morgan fingerprint density at radius 1 is 1.41 bits per heavy atom. The number of nitrogens with one attached hydrogen (secondary N) is 1. The number of amides is 1. The van der Waals surface area contributed by atoms with Gasteiger partial charge >= 0.3 is 6.09 Å². The van der Waals surface area contributed by atoms with Crippen LogP contribution in [0.5, 0.6) is 0 Å². The van der Waals surface area contributed by atoms with Gasteiger partial charge in [-0.2, -0.15) is 0 Å². The van der Waals surface area contributed by atoms with Crippen molar-refractivity contribution in [2.45, 2.75) is 39.2 Å². The molecule has 122 valence electrons. The minimum Gasteiger partial charge on any atom is -0.444 e. The van der Waals surface area contributed by atoms with Gasteiger partial charge in [0.2, 0.25) is 0 Å². The van der Waals surface area contributed by atoms with E-state index >= 15 is 0 Å². The summed E-state index contributed by atoms with van der Waals surface area (Å²) in [6, 6.07) is 3.93. The van der Waals surface area contributed by atoms with Crippen LogP contribution in [0.1, 0.15) is 33.6 Å². The molecule has 0 spiro atoms. The average molecular weight is 370 g/mol. The van der Waals surface area contributed by atoms with E-state index < -0.39 is 5.60 Å². The van der Waals surface area contributed by atoms with Gasteiger partial charge in [0.25, 0.3) is 0 Å². The Labute approximate surface area is 140 Å². The fourth-order valence-corrected chi connectivity index (χ4v) is 2.61. The molecule has 22 heavy (non-hydrogen) atoms. The van der Waals surface area contributed by atoms with Crippen molar-refractivity contribution in [1.29, 1.82) is 0 Å². The summed E-state index contributed by atoms with van der Waals surface area (Å²) in [6.45, 7) is 8.09. The fourth-order valence-electron chi connectivity index (χ4n) is 2.38. The maximum atomic E-state index is 12.0. The third-order valence-corrected chi connectivity index (χ3v) is 4.03. The zero-order valence-electron chi connectivity index (χ0n) is 13.4. The molecule has 0 radical (unpaired) electrons. The molecule has 0 bridgehead atoms. The Bertz CT molecular complexity index is 491. The minimum absolute atomic E-state index is 0.200. The number of pyridine rings is 1. The van der Waals surface area contributed by atoms with Gasteiger partial charge in [0.15, 0.2) is 0 Å². The predicted molar refractivity (Wildman–Crippen MR) is 91.0 cm³/mol. The lowest BCUT2D eigenvalue weighted by Crippen LogP contribution is -2.42. The monoisotopic (exact) mass is 369 g/mol. The van der Waals surface area contributed by atoms with Gasteiger partial charge in [0.05, 0.1) is 0 Å². The quantitative estimate of drug-likeness (QED) is 0.877. The Morgan fingerprint density at radius 3 is 2.64 bits per heavy atom. The molecule has 1 aromatic rings. The number of piperidine rings is 1. The smallest absolute Gasteiger partial charge is 0.410 e. The minimum atomic E-state index is -0.428. The van der Waals surface area contributed by atoms with E-state index in [0.29, 0.717) is 5.92 Å². The molecule has 1 aromatic heterocycles. The third-order valence-electron chi connectivity index (χ3n) is 3.57. The first-order valence-corrected chi connectivity index (χ1v) is 8.46. The van der Waals surface area contributed by atoms with E-state index in [9.17, 15) is 4.79 Å². The molecule has 1 aliphatic rings. The van der Waals surface area contributed by atoms with E-state index in [1.807, 2.05) is 32.9 Å². The highest BCUT2D eigenvalue weighted by molar-refractivity contribution is 9.10. The van der Waals surface area contributed by atoms with Crippen LogP contribution in [0.25, 0.3) is 0 Å². The average Bonchev–Trinajstić information content (AvgIpc) is 2.45. The van der Waals surface area contributed by atoms with Crippen molar-refractivity contribution < 1.29 is 9.53 Å². The molecule has 0 unspecified atom stereocenters. The molecule has 1 saturated heterocycles. The molecule has 2 heterocycles. The molecule has 0 saturated carbocycles. The van der Waals surface area contributed by atoms with E-state index in [1.54, 1.807) is 11.1 Å². The van der Waals surface area contributed by atoms with E-state index in [-0.39, 0.29) is 6.09 Å². The molecule has 1 aliphatic heterocycles. The van der Waals surface area contributed by atoms with E-state index in [0.717, 1.165) is 42.8 Å². The molecule has 0 aromatic carbocycles. The Hall–Kier alpha value is -1.30. The topological polar surface area (TPSA) is 54.5 Å². The standard InChI is InChI=1S/C16H24BrN3O2/c1-16(2,3)22-15(21)20-8-6-12(7-9-20)10-18-14-5-4-13(17)11-19-14/h4-5,11-12H,6-10H2,1-3H3,(H,18,19). The van der Waals surface area contributed by atoms with Gasteiger partial charge in [-0.3, -0.25) is 0 Å². The largest absolute Gasteiger partial charge is 0.444 e. The molecule has 0 atom stereocenters. The molecule has 1 amide bonds. The summed E-state index contributed by atoms with van der Waals surface area (Å²) >= 11 is 3.37. The second-order valence-electron chi connectivity index (χ2n) is 6.65. The highest BCUT2D eigenvalue weighted by Gasteiger charge is 2.26. The fraction of sp³-hybridized carbons (Fsp3) is 0.625. The van der Waals surface area contributed by atoms with Crippen molar-refractivity contribution in [1.82, 2.24) is 9.88 Å². The summed E-state index contributed by atoms with van der Waals surface area (Å²) in [5.41, 5.74) is -0.428. The van der Waals surface area contributed by atoms with Crippen molar-refractivity contribution in [3.63, 3.8) is 0 Å². The number of ether oxygens (including phenoxy) is 1. The predicted octanol–water partition coefficient (Wildman–Crippen LogP) is 3.90. The Balaban J connectivity index is 1.73. The maximum Gasteiger partial charge on any atom is 0.410 e. The summed E-state index contributed by atoms with van der Waals surface area (Å²) in [5, 5.41) is 3.36. The normalized spacial score (nSPS) is 16.5. The van der Waals surface area contributed by atoms with Crippen LogP contribution in [0.3, 0.4) is 0 Å². The highest BCUT2D eigenvalue weighted by Crippen LogP contribution is 2.20. The van der Waals surface area contributed by atoms with Crippen LogP contribution in [-0.2, 0) is 4.74 Å². The first-order valence-electron chi connectivity index (χ1n) is 7.67. The van der Waals surface area contributed by atoms with Crippen molar-refractivity contribution in [2.24, 2.45) is 5.92 Å². The van der Waals surface area contributed by atoms with Crippen LogP contribution in [0.4, 0.5) is 10.6 Å². The number of halogens is 1. The van der Waals surface area contributed by atoms with Gasteiger partial charge in [-0.05, 0) is 67.6 Å². The number of hydrogen-bond acceptors (Lipinski definition) is 4. The molecule has 5 nitrogen and oxygen atoms in total. The molecule has 0 aliphatic carbocycles. The van der Waals surface area contributed by atoms with Crippen molar-refractivity contribution in [3.8, 4) is 0 Å². The first-order chi connectivity index (χ1) is 10.3. The van der Waals surface area contributed by atoms with Crippen LogP contribution in [-0.4, -0.2) is 41.2 Å². The van der Waals surface area contributed by atoms with Gasteiger partial charge in [-0.25, -0.2) is 9.78 Å². The molecule has 1 fully saturated rings. The zero-order valence-corrected chi connectivity index (χ0v) is 15.0. The summed E-state index contributed by atoms with van der Waals surface area (Å²) in [5.74, 6) is 1.45. The van der Waals surface area contributed by atoms with Crippen LogP contribution in [0, 0.1) is 5.92 Å². The summed E-state index contributed by atoms with van der Waals surface area (Å²) in [7, 11) is 0. The van der Waals surface area contributed by atoms with Crippen molar-refractivity contribution >= 4 is 27.8 Å². The zero-order chi connectivity index (χ0) is 16.2. The first kappa shape index (κ1) is 17.1. The third kappa shape index (κ3) is 5.48. The number of aromatic nitrogens is 1. The maximum absolute atomic E-state index is 12.0. The number of rotatable bonds is 3. The van der Waals surface area contributed by atoms with Gasteiger partial charge < -0.3 is 15.0 Å². The lowest BCUT2D eigenvalue weighted by Gasteiger charge is -2.33. The van der Waals surface area contributed by atoms with Gasteiger partial charge in [-0.15, -0.1) is 0 Å². The number of likely N-dealkylation sites (tertiary alicyclic amines) is 1. The number of anilines is 1. The summed E-state index contributed by atoms with van der Waals surface area (Å²) in [6.07, 6.45) is 3.56. The SMILES string of the molecule is CC(C)(C)OC(=O)N1CCC(CNc2ccc(Br)cn2)CC1. The molecule has 6 heteroatoms. The second-order valence-corrected chi connectivity index (χ2v) is 7.57. The number of hydrogen-bond donors (Lipinski definition) is 1. The van der Waals surface area contributed by atoms with Crippen LogP contribution >= 0.6 is 15.9 Å². The number of carbonyl (C=O) groups excluding carboxylic acids is 1. The molecule has 2 rings (SSSR count). The number of carbonyl (C=O) groups is 1. The Morgan fingerprint density at radius 2 is 2.09 bits per heavy atom. The van der Waals surface area contributed by atoms with Gasteiger partial charge in [-0.1, -0.05) is 0 Å². The van der Waals surface area contributed by atoms with Crippen LogP contribution < -0.4 is 5.32 Å². The van der Waals surface area contributed by atoms with E-state index in [2.05, 4.69) is 26.2 Å². The van der Waals surface area contributed by atoms with E-state index in [4.69, 9.17) is 4.74 Å². The second kappa shape index (κ2) is 7.31. The molecule has 1 N–H and O–H groups in total. The highest BCUT2D eigenvalue weighted by atomic mass is 79.9. The van der Waals surface area contributed by atoms with Crippen LogP contribution in [0.2, 0.25) is 0 Å². The van der Waals surface area contributed by atoms with E-state index in [1.165, 1.54) is 0 Å². The molecular formula is C16H24BrN3O2. The van der Waals surface area contributed by atoms with Crippen LogP contribution in [0.15, 0.2) is 22.8 Å².